The van der Waals surface area contributed by atoms with Crippen LogP contribution >= 0.6 is 0 Å². The molecule has 2 aromatic rings. The van der Waals surface area contributed by atoms with Crippen LogP contribution in [0.1, 0.15) is 40.7 Å². The van der Waals surface area contributed by atoms with Crippen molar-refractivity contribution in [2.45, 2.75) is 25.7 Å². The van der Waals surface area contributed by atoms with Gasteiger partial charge in [0.25, 0.3) is 0 Å². The molecular formula is C24H27NO6. The number of carbonyl (C=O) groups excluding carboxylic acids is 1. The highest BCUT2D eigenvalue weighted by Crippen LogP contribution is 2.40. The summed E-state index contributed by atoms with van der Waals surface area (Å²) in [5.74, 6) is -0.480. The van der Waals surface area contributed by atoms with Crippen LogP contribution in [0, 0.1) is 0 Å². The third-order valence-corrected chi connectivity index (χ3v) is 5.90. The highest BCUT2D eigenvalue weighted by atomic mass is 16.5. The lowest BCUT2D eigenvalue weighted by atomic mass is 9.85. The zero-order chi connectivity index (χ0) is 22.0. The highest BCUT2D eigenvalue weighted by Gasteiger charge is 2.31. The largest absolute Gasteiger partial charge is 0.507 e. The summed E-state index contributed by atoms with van der Waals surface area (Å²) in [7, 11) is 1.40. The van der Waals surface area contributed by atoms with Crippen LogP contribution in [-0.2, 0) is 11.2 Å². The van der Waals surface area contributed by atoms with Gasteiger partial charge >= 0.3 is 0 Å². The quantitative estimate of drug-likeness (QED) is 0.610. The minimum absolute atomic E-state index is 0.103. The van der Waals surface area contributed by atoms with Gasteiger partial charge in [-0.15, -0.1) is 0 Å². The summed E-state index contributed by atoms with van der Waals surface area (Å²) in [6.07, 6.45) is 4.02. The summed E-state index contributed by atoms with van der Waals surface area (Å²) >= 11 is 0. The van der Waals surface area contributed by atoms with E-state index in [2.05, 4.69) is 4.90 Å². The molecule has 0 atom stereocenters. The summed E-state index contributed by atoms with van der Waals surface area (Å²) in [6.45, 7) is 3.49. The maximum Gasteiger partial charge on any atom is 0.231 e. The first kappa shape index (κ1) is 21.1. The zero-order valence-corrected chi connectivity index (χ0v) is 17.6. The van der Waals surface area contributed by atoms with Crippen molar-refractivity contribution in [3.8, 4) is 23.0 Å². The minimum atomic E-state index is -0.427. The standard InChI is InChI=1S/C24H27NO6/c1-30-24-18(15-5-6-19(26)20(27)13-15)12-16-11-17(14-21(28)22(16)23(24)29)31-10-9-25-7-3-2-4-8-25/h5-6,11,13-14,26-28H,2-4,7-10,12H2,1H3. The molecule has 31 heavy (non-hydrogen) atoms. The Morgan fingerprint density at radius 1 is 0.968 bits per heavy atom. The molecule has 1 aliphatic heterocycles. The van der Waals surface area contributed by atoms with Crippen molar-refractivity contribution < 1.29 is 29.6 Å². The number of ether oxygens (including phenoxy) is 2. The summed E-state index contributed by atoms with van der Waals surface area (Å²) < 4.78 is 11.2. The van der Waals surface area contributed by atoms with Crippen LogP contribution in [0.3, 0.4) is 0 Å². The van der Waals surface area contributed by atoms with Crippen molar-refractivity contribution in [1.82, 2.24) is 4.90 Å². The van der Waals surface area contributed by atoms with E-state index in [1.807, 2.05) is 0 Å². The topological polar surface area (TPSA) is 99.5 Å². The number of nitrogens with zero attached hydrogens (tertiary/aromatic N) is 1. The molecule has 1 fully saturated rings. The molecule has 3 N–H and O–H groups in total. The molecule has 1 saturated heterocycles. The third kappa shape index (κ3) is 4.32. The van der Waals surface area contributed by atoms with Gasteiger partial charge in [-0.25, -0.2) is 0 Å². The summed E-state index contributed by atoms with van der Waals surface area (Å²) in [6, 6.07) is 7.61. The Kier molecular flexibility index (Phi) is 6.04. The van der Waals surface area contributed by atoms with E-state index >= 15 is 0 Å². The lowest BCUT2D eigenvalue weighted by Gasteiger charge is -2.26. The van der Waals surface area contributed by atoms with Gasteiger partial charge in [0.05, 0.1) is 12.7 Å². The molecule has 0 amide bonds. The number of carbonyl (C=O) groups is 1. The van der Waals surface area contributed by atoms with Crippen molar-refractivity contribution in [2.24, 2.45) is 0 Å². The fraction of sp³-hybridized carbons (Fsp3) is 0.375. The zero-order valence-electron chi connectivity index (χ0n) is 17.6. The Bertz CT molecular complexity index is 1020. The second-order valence-electron chi connectivity index (χ2n) is 7.95. The predicted octanol–water partition coefficient (Wildman–Crippen LogP) is 3.46. The SMILES string of the molecule is COC1=C(c2ccc(O)c(O)c2)Cc2cc(OCCN3CCCCC3)cc(O)c2C1=O. The second-order valence-corrected chi connectivity index (χ2v) is 7.95. The minimum Gasteiger partial charge on any atom is -0.507 e. The number of likely N-dealkylation sites (tertiary alicyclic amines) is 1. The van der Waals surface area contributed by atoms with E-state index in [4.69, 9.17) is 9.47 Å². The van der Waals surface area contributed by atoms with Gasteiger partial charge in [-0.1, -0.05) is 12.5 Å². The molecule has 4 rings (SSSR count). The highest BCUT2D eigenvalue weighted by molar-refractivity contribution is 6.16. The first-order chi connectivity index (χ1) is 15.0. The molecule has 0 spiro atoms. The number of benzene rings is 2. The van der Waals surface area contributed by atoms with Gasteiger partial charge in [0.2, 0.25) is 5.78 Å². The molecule has 0 unspecified atom stereocenters. The number of piperidine rings is 1. The summed E-state index contributed by atoms with van der Waals surface area (Å²) in [5, 5.41) is 30.0. The van der Waals surface area contributed by atoms with Gasteiger partial charge in [-0.05, 0) is 55.3 Å². The number of aromatic hydroxyl groups is 3. The Morgan fingerprint density at radius 2 is 1.74 bits per heavy atom. The van der Waals surface area contributed by atoms with Crippen molar-refractivity contribution in [3.63, 3.8) is 0 Å². The number of rotatable bonds is 6. The van der Waals surface area contributed by atoms with Gasteiger partial charge in [-0.2, -0.15) is 0 Å². The van der Waals surface area contributed by atoms with Crippen LogP contribution in [0.15, 0.2) is 36.1 Å². The smallest absolute Gasteiger partial charge is 0.231 e. The average Bonchev–Trinajstić information content (AvgIpc) is 2.76. The molecule has 0 radical (unpaired) electrons. The fourth-order valence-electron chi connectivity index (χ4n) is 4.30. The van der Waals surface area contributed by atoms with Crippen LogP contribution < -0.4 is 4.74 Å². The van der Waals surface area contributed by atoms with Crippen molar-refractivity contribution in [1.29, 1.82) is 0 Å². The van der Waals surface area contributed by atoms with Gasteiger partial charge in [0, 0.05) is 24.6 Å². The first-order valence-corrected chi connectivity index (χ1v) is 10.5. The van der Waals surface area contributed by atoms with Crippen molar-refractivity contribution in [2.75, 3.05) is 33.4 Å². The number of fused-ring (bicyclic) bond motifs is 1. The molecule has 7 nitrogen and oxygen atoms in total. The van der Waals surface area contributed by atoms with Gasteiger partial charge in [0.15, 0.2) is 17.3 Å². The molecule has 164 valence electrons. The molecule has 2 aromatic carbocycles. The normalized spacial score (nSPS) is 16.9. The number of phenols is 3. The number of allylic oxidation sites excluding steroid dienone is 2. The Morgan fingerprint density at radius 3 is 2.45 bits per heavy atom. The number of methoxy groups -OCH3 is 1. The lowest BCUT2D eigenvalue weighted by Crippen LogP contribution is -2.33. The number of hydrogen-bond donors (Lipinski definition) is 3. The van der Waals surface area contributed by atoms with E-state index in [0.717, 1.165) is 19.6 Å². The van der Waals surface area contributed by atoms with E-state index in [1.54, 1.807) is 12.1 Å². The maximum atomic E-state index is 13.0. The van der Waals surface area contributed by atoms with E-state index < -0.39 is 5.78 Å². The van der Waals surface area contributed by atoms with Gasteiger partial charge in [-0.3, -0.25) is 9.69 Å². The number of hydrogen-bond acceptors (Lipinski definition) is 7. The fourth-order valence-corrected chi connectivity index (χ4v) is 4.30. The van der Waals surface area contributed by atoms with E-state index in [1.165, 1.54) is 44.6 Å². The van der Waals surface area contributed by atoms with Crippen LogP contribution in [0.5, 0.6) is 23.0 Å². The van der Waals surface area contributed by atoms with E-state index in [0.29, 0.717) is 35.5 Å². The second kappa shape index (κ2) is 8.89. The van der Waals surface area contributed by atoms with E-state index in [-0.39, 0.29) is 28.6 Å². The Balaban J connectivity index is 1.58. The molecule has 0 aromatic heterocycles. The summed E-state index contributed by atoms with van der Waals surface area (Å²) in [5.41, 5.74) is 1.95. The third-order valence-electron chi connectivity index (χ3n) is 5.90. The monoisotopic (exact) mass is 425 g/mol. The summed E-state index contributed by atoms with van der Waals surface area (Å²) in [4.78, 5) is 15.4. The number of Topliss-reactive ketones (excluding diaryl/α,β-unsaturated/α-hetero) is 1. The molecule has 1 heterocycles. The van der Waals surface area contributed by atoms with Crippen LogP contribution in [0.2, 0.25) is 0 Å². The average molecular weight is 425 g/mol. The molecule has 1 aliphatic carbocycles. The molecule has 2 aliphatic rings. The van der Waals surface area contributed by atoms with Crippen LogP contribution in [0.4, 0.5) is 0 Å². The number of phenolic OH excluding ortho intramolecular Hbond substituents is 3. The van der Waals surface area contributed by atoms with Gasteiger partial charge in [0.1, 0.15) is 18.1 Å². The first-order valence-electron chi connectivity index (χ1n) is 10.5. The molecule has 0 bridgehead atoms. The number of ketones is 1. The molecule has 0 saturated carbocycles. The lowest BCUT2D eigenvalue weighted by molar-refractivity contribution is 0.0948. The van der Waals surface area contributed by atoms with Crippen LogP contribution in [-0.4, -0.2) is 59.4 Å². The Hall–Kier alpha value is -3.19. The van der Waals surface area contributed by atoms with Crippen molar-refractivity contribution in [3.05, 3.63) is 52.8 Å². The maximum absolute atomic E-state index is 13.0. The van der Waals surface area contributed by atoms with Crippen molar-refractivity contribution >= 4 is 11.4 Å². The van der Waals surface area contributed by atoms with Crippen LogP contribution in [0.25, 0.3) is 5.57 Å². The molecular weight excluding hydrogens is 398 g/mol. The predicted molar refractivity (Wildman–Crippen MR) is 116 cm³/mol. The van der Waals surface area contributed by atoms with E-state index in [9.17, 15) is 20.1 Å². The van der Waals surface area contributed by atoms with Gasteiger partial charge < -0.3 is 24.8 Å². The Labute approximate surface area is 181 Å². The molecule has 7 heteroatoms.